The van der Waals surface area contributed by atoms with E-state index in [4.69, 9.17) is 0 Å². The number of nitrogens with one attached hydrogen (secondary N) is 2. The third-order valence-corrected chi connectivity index (χ3v) is 6.17. The van der Waals surface area contributed by atoms with Crippen molar-refractivity contribution in [2.24, 2.45) is 0 Å². The van der Waals surface area contributed by atoms with Gasteiger partial charge in [-0.25, -0.2) is 13.6 Å². The van der Waals surface area contributed by atoms with E-state index in [0.717, 1.165) is 16.0 Å². The van der Waals surface area contributed by atoms with Gasteiger partial charge in [0.2, 0.25) is 5.91 Å². The van der Waals surface area contributed by atoms with Crippen molar-refractivity contribution in [3.8, 4) is 11.1 Å². The molecule has 0 saturated carbocycles. The van der Waals surface area contributed by atoms with Crippen molar-refractivity contribution in [1.29, 1.82) is 0 Å². The minimum atomic E-state index is -5.23. The van der Waals surface area contributed by atoms with Gasteiger partial charge in [-0.1, -0.05) is 36.4 Å². The van der Waals surface area contributed by atoms with E-state index >= 15 is 0 Å². The molecule has 1 heterocycles. The van der Waals surface area contributed by atoms with Crippen LogP contribution in [-0.4, -0.2) is 35.2 Å². The van der Waals surface area contributed by atoms with Crippen molar-refractivity contribution in [1.82, 2.24) is 4.90 Å². The van der Waals surface area contributed by atoms with Gasteiger partial charge in [-0.2, -0.15) is 13.2 Å². The minimum absolute atomic E-state index is 0.0389. The quantitative estimate of drug-likeness (QED) is 0.292. The van der Waals surface area contributed by atoms with Crippen LogP contribution in [0.2, 0.25) is 0 Å². The van der Waals surface area contributed by atoms with E-state index in [9.17, 15) is 36.3 Å². The van der Waals surface area contributed by atoms with Gasteiger partial charge in [0.05, 0.1) is 0 Å². The Morgan fingerprint density at radius 2 is 1.39 bits per heavy atom. The fourth-order valence-corrected chi connectivity index (χ4v) is 4.26. The molecule has 1 saturated heterocycles. The summed E-state index contributed by atoms with van der Waals surface area (Å²) in [5.74, 6) is -4.24. The summed E-state index contributed by atoms with van der Waals surface area (Å²) >= 11 is 0. The second kappa shape index (κ2) is 10.6. The second-order valence-electron chi connectivity index (χ2n) is 8.79. The molecule has 0 spiro atoms. The van der Waals surface area contributed by atoms with Crippen LogP contribution >= 0.6 is 0 Å². The number of likely N-dealkylation sites (tertiary alicyclic amines) is 1. The zero-order chi connectivity index (χ0) is 27.6. The normalized spacial score (nSPS) is 15.3. The number of carbonyl (C=O) groups excluding carboxylic acids is 3. The van der Waals surface area contributed by atoms with E-state index in [0.29, 0.717) is 36.2 Å². The van der Waals surface area contributed by atoms with E-state index < -0.39 is 47.0 Å². The van der Waals surface area contributed by atoms with Gasteiger partial charge in [0, 0.05) is 23.5 Å². The largest absolute Gasteiger partial charge is 0.422 e. The van der Waals surface area contributed by atoms with Crippen molar-refractivity contribution >= 4 is 29.1 Å². The number of nitrogens with zero attached hydrogens (tertiary/aromatic N) is 1. The molecule has 11 heteroatoms. The lowest BCUT2D eigenvalue weighted by molar-refractivity contribution is -0.142. The van der Waals surface area contributed by atoms with Crippen LogP contribution in [0.4, 0.5) is 38.1 Å². The number of anilines is 2. The molecule has 1 aliphatic rings. The van der Waals surface area contributed by atoms with Crippen molar-refractivity contribution in [2.45, 2.75) is 32.0 Å². The van der Waals surface area contributed by atoms with Crippen molar-refractivity contribution in [3.63, 3.8) is 0 Å². The van der Waals surface area contributed by atoms with Gasteiger partial charge in [0.25, 0.3) is 0 Å². The molecule has 0 bridgehead atoms. The second-order valence-corrected chi connectivity index (χ2v) is 8.79. The highest BCUT2D eigenvalue weighted by Crippen LogP contribution is 2.35. The SMILES string of the molecule is CC(=O)c1ccc(-c2ccc(NC(=O)[C@H]3CCCN3C(=O)Nc3cc(F)c(C(F)(F)F)c(F)c3)cc2)cc1. The van der Waals surface area contributed by atoms with Crippen LogP contribution < -0.4 is 10.6 Å². The molecule has 3 aromatic rings. The van der Waals surface area contributed by atoms with E-state index in [1.54, 1.807) is 36.4 Å². The summed E-state index contributed by atoms with van der Waals surface area (Å²) in [5.41, 5.74) is 0.247. The Morgan fingerprint density at radius 1 is 0.842 bits per heavy atom. The lowest BCUT2D eigenvalue weighted by atomic mass is 10.0. The molecule has 38 heavy (non-hydrogen) atoms. The Labute approximate surface area is 214 Å². The van der Waals surface area contributed by atoms with Gasteiger partial charge in [0.1, 0.15) is 23.2 Å². The van der Waals surface area contributed by atoms with Gasteiger partial charge < -0.3 is 15.5 Å². The smallest absolute Gasteiger partial charge is 0.324 e. The summed E-state index contributed by atoms with van der Waals surface area (Å²) in [7, 11) is 0. The Morgan fingerprint density at radius 3 is 1.92 bits per heavy atom. The molecule has 0 aliphatic carbocycles. The summed E-state index contributed by atoms with van der Waals surface area (Å²) in [4.78, 5) is 38.2. The fraction of sp³-hybridized carbons (Fsp3) is 0.222. The zero-order valence-corrected chi connectivity index (χ0v) is 20.0. The van der Waals surface area contributed by atoms with Crippen molar-refractivity contribution in [3.05, 3.63) is 83.4 Å². The van der Waals surface area contributed by atoms with E-state index in [1.807, 2.05) is 12.1 Å². The van der Waals surface area contributed by atoms with Crippen LogP contribution in [0.5, 0.6) is 0 Å². The third kappa shape index (κ3) is 5.82. The maximum Gasteiger partial charge on any atom is 0.422 e. The maximum atomic E-state index is 13.9. The Kier molecular flexibility index (Phi) is 7.47. The van der Waals surface area contributed by atoms with Gasteiger partial charge in [-0.3, -0.25) is 9.59 Å². The predicted octanol–water partition coefficient (Wildman–Crippen LogP) is 6.49. The molecular formula is C27H22F5N3O3. The third-order valence-electron chi connectivity index (χ3n) is 6.17. The molecule has 1 aliphatic heterocycles. The van der Waals surface area contributed by atoms with Crippen LogP contribution in [-0.2, 0) is 11.0 Å². The lowest BCUT2D eigenvalue weighted by Gasteiger charge is -2.24. The summed E-state index contributed by atoms with van der Waals surface area (Å²) in [6.07, 6.45) is -4.42. The number of hydrogen-bond donors (Lipinski definition) is 2. The monoisotopic (exact) mass is 531 g/mol. The standard InChI is InChI=1S/C27H22F5N3O3/c1-15(36)16-4-6-17(7-5-16)18-8-10-19(11-9-18)33-25(37)23-3-2-12-35(23)26(38)34-20-13-21(28)24(22(29)14-20)27(30,31)32/h4-11,13-14,23H,2-3,12H2,1H3,(H,33,37)(H,34,38)/t23-/m1/s1. The number of Topliss-reactive ketones (excluding diaryl/α,β-unsaturated/α-hetero) is 1. The van der Waals surface area contributed by atoms with Gasteiger partial charge in [-0.05, 0) is 55.2 Å². The number of benzene rings is 3. The molecule has 1 fully saturated rings. The number of halogens is 5. The van der Waals surface area contributed by atoms with Crippen LogP contribution in [0, 0.1) is 11.6 Å². The van der Waals surface area contributed by atoms with Crippen LogP contribution in [0.1, 0.15) is 35.7 Å². The van der Waals surface area contributed by atoms with Gasteiger partial charge >= 0.3 is 12.2 Å². The highest BCUT2D eigenvalue weighted by Gasteiger charge is 2.38. The first kappa shape index (κ1) is 26.8. The van der Waals surface area contributed by atoms with Crippen molar-refractivity contribution in [2.75, 3.05) is 17.2 Å². The molecule has 2 N–H and O–H groups in total. The molecule has 1 atom stereocenters. The lowest BCUT2D eigenvalue weighted by Crippen LogP contribution is -2.45. The van der Waals surface area contributed by atoms with Crippen LogP contribution in [0.15, 0.2) is 60.7 Å². The van der Waals surface area contributed by atoms with Crippen LogP contribution in [0.3, 0.4) is 0 Å². The maximum absolute atomic E-state index is 13.9. The molecule has 4 rings (SSSR count). The summed E-state index contributed by atoms with van der Waals surface area (Å²) in [6, 6.07) is 13.0. The van der Waals surface area contributed by atoms with Crippen LogP contribution in [0.25, 0.3) is 11.1 Å². The fourth-order valence-electron chi connectivity index (χ4n) is 4.26. The molecule has 0 unspecified atom stereocenters. The topological polar surface area (TPSA) is 78.5 Å². The van der Waals surface area contributed by atoms with Crippen molar-refractivity contribution < 1.29 is 36.3 Å². The highest BCUT2D eigenvalue weighted by molar-refractivity contribution is 6.00. The molecule has 6 nitrogen and oxygen atoms in total. The first-order valence-electron chi connectivity index (χ1n) is 11.6. The summed E-state index contributed by atoms with van der Waals surface area (Å²) < 4.78 is 66.1. The number of ketones is 1. The highest BCUT2D eigenvalue weighted by atomic mass is 19.4. The number of carbonyl (C=O) groups is 3. The average molecular weight is 531 g/mol. The van der Waals surface area contributed by atoms with E-state index in [2.05, 4.69) is 10.6 Å². The van der Waals surface area contributed by atoms with E-state index in [1.165, 1.54) is 6.92 Å². The Balaban J connectivity index is 1.41. The minimum Gasteiger partial charge on any atom is -0.324 e. The first-order chi connectivity index (χ1) is 17.9. The molecule has 3 amide bonds. The van der Waals surface area contributed by atoms with Gasteiger partial charge in [-0.15, -0.1) is 0 Å². The zero-order valence-electron chi connectivity index (χ0n) is 20.0. The average Bonchev–Trinajstić information content (AvgIpc) is 3.34. The molecule has 0 aromatic heterocycles. The Hall–Kier alpha value is -4.28. The summed E-state index contributed by atoms with van der Waals surface area (Å²) in [5, 5.41) is 4.90. The summed E-state index contributed by atoms with van der Waals surface area (Å²) in [6.45, 7) is 1.65. The molecule has 3 aromatic carbocycles. The predicted molar refractivity (Wildman–Crippen MR) is 131 cm³/mol. The Bertz CT molecular complexity index is 1350. The first-order valence-corrected chi connectivity index (χ1v) is 11.6. The number of rotatable bonds is 5. The number of urea groups is 1. The van der Waals surface area contributed by atoms with E-state index in [-0.39, 0.29) is 12.3 Å². The number of alkyl halides is 3. The number of hydrogen-bond acceptors (Lipinski definition) is 3. The number of amides is 3. The molecule has 198 valence electrons. The molecular weight excluding hydrogens is 509 g/mol. The molecule has 0 radical (unpaired) electrons. The van der Waals surface area contributed by atoms with Gasteiger partial charge in [0.15, 0.2) is 5.78 Å².